The van der Waals surface area contributed by atoms with Gasteiger partial charge in [-0.1, -0.05) is 12.8 Å². The van der Waals surface area contributed by atoms with E-state index in [1.807, 2.05) is 0 Å². The molecule has 2 heterocycles. The van der Waals surface area contributed by atoms with E-state index in [4.69, 9.17) is 0 Å². The third-order valence-corrected chi connectivity index (χ3v) is 4.84. The molecule has 4 unspecified atom stereocenters. The number of nitrogens with zero attached hydrogens (tertiary/aromatic N) is 1. The van der Waals surface area contributed by atoms with Crippen LogP contribution in [0.15, 0.2) is 0 Å². The van der Waals surface area contributed by atoms with E-state index in [0.29, 0.717) is 12.1 Å². The normalized spacial score (nSPS) is 45.6. The summed E-state index contributed by atoms with van der Waals surface area (Å²) in [7, 11) is 0. The van der Waals surface area contributed by atoms with Crippen molar-refractivity contribution in [3.63, 3.8) is 0 Å². The highest BCUT2D eigenvalue weighted by atomic mass is 16.3. The topological polar surface area (TPSA) is 35.5 Å². The van der Waals surface area contributed by atoms with E-state index in [-0.39, 0.29) is 6.10 Å². The van der Waals surface area contributed by atoms with Gasteiger partial charge in [0.1, 0.15) is 0 Å². The molecule has 0 radical (unpaired) electrons. The van der Waals surface area contributed by atoms with Crippen LogP contribution in [0.3, 0.4) is 0 Å². The molecule has 3 nitrogen and oxygen atoms in total. The van der Waals surface area contributed by atoms with Crippen molar-refractivity contribution in [1.82, 2.24) is 10.2 Å². The predicted octanol–water partition coefficient (Wildman–Crippen LogP) is 0.974. The van der Waals surface area contributed by atoms with Crippen LogP contribution in [0.2, 0.25) is 0 Å². The molecule has 3 heteroatoms. The van der Waals surface area contributed by atoms with Gasteiger partial charge < -0.3 is 10.4 Å². The highest BCUT2D eigenvalue weighted by Gasteiger charge is 2.40. The molecule has 0 bridgehead atoms. The first-order chi connectivity index (χ1) is 7.86. The van der Waals surface area contributed by atoms with E-state index in [9.17, 15) is 5.11 Å². The van der Waals surface area contributed by atoms with Gasteiger partial charge in [-0.05, 0) is 44.7 Å². The fourth-order valence-corrected chi connectivity index (χ4v) is 3.99. The van der Waals surface area contributed by atoms with Crippen LogP contribution in [0, 0.1) is 5.92 Å². The Kier molecular flexibility index (Phi) is 3.18. The van der Waals surface area contributed by atoms with Gasteiger partial charge in [0.15, 0.2) is 0 Å². The Labute approximate surface area is 98.2 Å². The number of aliphatic hydroxyl groups is 1. The summed E-state index contributed by atoms with van der Waals surface area (Å²) in [5, 5.41) is 13.7. The Morgan fingerprint density at radius 1 is 0.938 bits per heavy atom. The number of aliphatic hydroxyl groups excluding tert-OH is 1. The van der Waals surface area contributed by atoms with Crippen LogP contribution in [0.25, 0.3) is 0 Å². The zero-order valence-electron chi connectivity index (χ0n) is 10.1. The van der Waals surface area contributed by atoms with Crippen LogP contribution in [-0.2, 0) is 0 Å². The largest absolute Gasteiger partial charge is 0.391 e. The Morgan fingerprint density at radius 3 is 2.69 bits per heavy atom. The lowest BCUT2D eigenvalue weighted by molar-refractivity contribution is -0.0209. The van der Waals surface area contributed by atoms with E-state index in [0.717, 1.165) is 18.9 Å². The quantitative estimate of drug-likeness (QED) is 0.697. The zero-order chi connectivity index (χ0) is 11.0. The lowest BCUT2D eigenvalue weighted by Gasteiger charge is -2.45. The Balaban J connectivity index is 1.71. The lowest BCUT2D eigenvalue weighted by Crippen LogP contribution is -2.55. The maximum Gasteiger partial charge on any atom is 0.0695 e. The first kappa shape index (κ1) is 11.0. The van der Waals surface area contributed by atoms with Crippen molar-refractivity contribution in [3.8, 4) is 0 Å². The Morgan fingerprint density at radius 2 is 1.81 bits per heavy atom. The predicted molar refractivity (Wildman–Crippen MR) is 64.4 cm³/mol. The summed E-state index contributed by atoms with van der Waals surface area (Å²) in [6.07, 6.45) is 7.41. The molecule has 0 aromatic rings. The van der Waals surface area contributed by atoms with Crippen LogP contribution < -0.4 is 5.32 Å². The fourth-order valence-electron chi connectivity index (χ4n) is 3.99. The van der Waals surface area contributed by atoms with E-state index in [1.165, 1.54) is 45.2 Å². The minimum atomic E-state index is -0.0619. The van der Waals surface area contributed by atoms with E-state index in [1.54, 1.807) is 0 Å². The van der Waals surface area contributed by atoms with Crippen LogP contribution in [0.4, 0.5) is 0 Å². The molecule has 3 aliphatic rings. The van der Waals surface area contributed by atoms with Gasteiger partial charge in [0.05, 0.1) is 6.10 Å². The molecule has 4 atom stereocenters. The van der Waals surface area contributed by atoms with Crippen molar-refractivity contribution < 1.29 is 5.11 Å². The highest BCUT2D eigenvalue weighted by Crippen LogP contribution is 2.32. The second-order valence-electron chi connectivity index (χ2n) is 5.78. The van der Waals surface area contributed by atoms with Gasteiger partial charge in [-0.15, -0.1) is 0 Å². The van der Waals surface area contributed by atoms with Gasteiger partial charge in [-0.2, -0.15) is 0 Å². The number of hydrogen-bond donors (Lipinski definition) is 2. The minimum Gasteiger partial charge on any atom is -0.391 e. The number of rotatable bonds is 1. The van der Waals surface area contributed by atoms with Crippen molar-refractivity contribution in [2.24, 2.45) is 5.92 Å². The van der Waals surface area contributed by atoms with E-state index in [2.05, 4.69) is 10.2 Å². The molecule has 0 amide bonds. The average molecular weight is 224 g/mol. The molecule has 1 saturated carbocycles. The Hall–Kier alpha value is -0.120. The fraction of sp³-hybridized carbons (Fsp3) is 1.00. The average Bonchev–Trinajstić information content (AvgIpc) is 2.77. The van der Waals surface area contributed by atoms with Gasteiger partial charge >= 0.3 is 0 Å². The third-order valence-electron chi connectivity index (χ3n) is 4.84. The molecule has 2 aliphatic heterocycles. The van der Waals surface area contributed by atoms with E-state index < -0.39 is 0 Å². The van der Waals surface area contributed by atoms with Gasteiger partial charge in [0.2, 0.25) is 0 Å². The van der Waals surface area contributed by atoms with Gasteiger partial charge in [-0.3, -0.25) is 4.90 Å². The first-order valence-corrected chi connectivity index (χ1v) is 7.01. The standard InChI is InChI=1S/C13H24N2O/c16-13-6-2-1-5-11(13)15-7-3-4-10-8-14-9-12(10)15/h10-14,16H,1-9H2. The molecule has 2 saturated heterocycles. The summed E-state index contributed by atoms with van der Waals surface area (Å²) >= 11 is 0. The van der Waals surface area contributed by atoms with Crippen LogP contribution in [0.1, 0.15) is 38.5 Å². The zero-order valence-corrected chi connectivity index (χ0v) is 10.1. The molecule has 16 heavy (non-hydrogen) atoms. The SMILES string of the molecule is OC1CCCCC1N1CCCC2CNCC21. The summed E-state index contributed by atoms with van der Waals surface area (Å²) in [6, 6.07) is 1.17. The smallest absolute Gasteiger partial charge is 0.0695 e. The summed E-state index contributed by atoms with van der Waals surface area (Å²) in [4.78, 5) is 2.64. The second-order valence-corrected chi connectivity index (χ2v) is 5.78. The summed E-state index contributed by atoms with van der Waals surface area (Å²) in [5.74, 6) is 0.850. The number of nitrogens with one attached hydrogen (secondary N) is 1. The molecule has 2 N–H and O–H groups in total. The monoisotopic (exact) mass is 224 g/mol. The van der Waals surface area contributed by atoms with Crippen molar-refractivity contribution in [2.45, 2.75) is 56.7 Å². The van der Waals surface area contributed by atoms with Crippen molar-refractivity contribution in [1.29, 1.82) is 0 Å². The van der Waals surface area contributed by atoms with Crippen LogP contribution in [-0.4, -0.2) is 47.8 Å². The third kappa shape index (κ3) is 1.89. The number of piperidine rings is 1. The van der Waals surface area contributed by atoms with Gasteiger partial charge in [0.25, 0.3) is 0 Å². The molecular weight excluding hydrogens is 200 g/mol. The molecule has 92 valence electrons. The summed E-state index contributed by atoms with van der Waals surface area (Å²) in [6.45, 7) is 3.56. The highest BCUT2D eigenvalue weighted by molar-refractivity contribution is 4.96. The van der Waals surface area contributed by atoms with Crippen molar-refractivity contribution in [2.75, 3.05) is 19.6 Å². The van der Waals surface area contributed by atoms with Crippen molar-refractivity contribution in [3.05, 3.63) is 0 Å². The molecule has 0 aromatic carbocycles. The van der Waals surface area contributed by atoms with Gasteiger partial charge in [0, 0.05) is 18.6 Å². The number of fused-ring (bicyclic) bond motifs is 1. The Bertz CT molecular complexity index is 246. The molecule has 0 aromatic heterocycles. The molecule has 1 aliphatic carbocycles. The van der Waals surface area contributed by atoms with Gasteiger partial charge in [-0.25, -0.2) is 0 Å². The minimum absolute atomic E-state index is 0.0619. The first-order valence-electron chi connectivity index (χ1n) is 7.01. The molecule has 3 rings (SSSR count). The summed E-state index contributed by atoms with van der Waals surface area (Å²) in [5.41, 5.74) is 0. The lowest BCUT2D eigenvalue weighted by atomic mass is 9.85. The number of hydrogen-bond acceptors (Lipinski definition) is 3. The maximum absolute atomic E-state index is 10.2. The second kappa shape index (κ2) is 4.63. The summed E-state index contributed by atoms with van der Waals surface area (Å²) < 4.78 is 0. The molecular formula is C13H24N2O. The molecule has 0 spiro atoms. The van der Waals surface area contributed by atoms with Crippen molar-refractivity contribution >= 4 is 0 Å². The molecule has 3 fully saturated rings. The van der Waals surface area contributed by atoms with E-state index >= 15 is 0 Å². The number of likely N-dealkylation sites (tertiary alicyclic amines) is 1. The van der Waals surface area contributed by atoms with Crippen LogP contribution >= 0.6 is 0 Å². The maximum atomic E-state index is 10.2. The van der Waals surface area contributed by atoms with Crippen LogP contribution in [0.5, 0.6) is 0 Å².